The smallest absolute Gasteiger partial charge is 0.309 e. The first-order valence-electron chi connectivity index (χ1n) is 8.19. The van der Waals surface area contributed by atoms with E-state index in [0.717, 1.165) is 0 Å². The minimum absolute atomic E-state index is 0.162. The van der Waals surface area contributed by atoms with Crippen molar-refractivity contribution in [3.63, 3.8) is 0 Å². The molecule has 1 rings (SSSR count). The van der Waals surface area contributed by atoms with Gasteiger partial charge in [-0.2, -0.15) is 0 Å². The van der Waals surface area contributed by atoms with Crippen LogP contribution < -0.4 is 4.72 Å². The molecule has 136 valence electrons. The lowest BCUT2D eigenvalue weighted by Crippen LogP contribution is -2.48. The van der Waals surface area contributed by atoms with Crippen molar-refractivity contribution in [3.05, 3.63) is 0 Å². The van der Waals surface area contributed by atoms with E-state index in [0.29, 0.717) is 25.7 Å². The van der Waals surface area contributed by atoms with Gasteiger partial charge in [0.2, 0.25) is 0 Å². The number of rotatable bonds is 6. The first-order valence-corrected chi connectivity index (χ1v) is 9.34. The Morgan fingerprint density at radius 1 is 1.17 bits per heavy atom. The van der Waals surface area contributed by atoms with Crippen molar-refractivity contribution in [1.29, 1.82) is 0 Å². The Labute approximate surface area is 140 Å². The van der Waals surface area contributed by atoms with Crippen LogP contribution in [0.5, 0.6) is 0 Å². The number of ether oxygens (including phenoxy) is 1. The van der Waals surface area contributed by atoms with Gasteiger partial charge in [-0.05, 0) is 66.2 Å². The lowest BCUT2D eigenvalue weighted by molar-refractivity contribution is -0.154. The van der Waals surface area contributed by atoms with Crippen molar-refractivity contribution in [2.45, 2.75) is 83.6 Å². The summed E-state index contributed by atoms with van der Waals surface area (Å²) in [6.07, 6.45) is -0.620. The molecule has 0 aromatic rings. The van der Waals surface area contributed by atoms with Gasteiger partial charge in [-0.3, -0.25) is 4.79 Å². The van der Waals surface area contributed by atoms with Gasteiger partial charge in [0.05, 0.1) is 33.8 Å². The van der Waals surface area contributed by atoms with Gasteiger partial charge in [0.15, 0.2) is 0 Å². The van der Waals surface area contributed by atoms with Gasteiger partial charge in [-0.25, -0.2) is 17.7 Å². The number of hydrogen-bond donors (Lipinski definition) is 1. The van der Waals surface area contributed by atoms with E-state index < -0.39 is 28.2 Å². The van der Waals surface area contributed by atoms with Crippen molar-refractivity contribution in [2.75, 3.05) is 0 Å². The molecule has 1 unspecified atom stereocenters. The van der Waals surface area contributed by atoms with Gasteiger partial charge < -0.3 is 4.74 Å². The van der Waals surface area contributed by atoms with Crippen LogP contribution in [0.25, 0.3) is 0 Å². The minimum atomic E-state index is -2.58. The molecule has 4 nitrogen and oxygen atoms in total. The van der Waals surface area contributed by atoms with Gasteiger partial charge in [0.1, 0.15) is 0 Å². The largest absolute Gasteiger partial charge is 0.463 e. The van der Waals surface area contributed by atoms with Crippen LogP contribution in [0.2, 0.25) is 0 Å². The van der Waals surface area contributed by atoms with Crippen molar-refractivity contribution < 1.29 is 22.5 Å². The number of carbonyl (C=O) groups is 1. The number of esters is 1. The zero-order chi connectivity index (χ0) is 17.8. The molecule has 2 atom stereocenters. The quantitative estimate of drug-likeness (QED) is 0.744. The van der Waals surface area contributed by atoms with Gasteiger partial charge in [0, 0.05) is 0 Å². The molecule has 0 saturated heterocycles. The Morgan fingerprint density at radius 2 is 1.70 bits per heavy atom. The van der Waals surface area contributed by atoms with Crippen molar-refractivity contribution >= 4 is 17.0 Å². The molecule has 23 heavy (non-hydrogen) atoms. The predicted molar refractivity (Wildman–Crippen MR) is 87.5 cm³/mol. The van der Waals surface area contributed by atoms with E-state index in [1.54, 1.807) is 34.6 Å². The minimum Gasteiger partial charge on any atom is -0.463 e. The van der Waals surface area contributed by atoms with E-state index in [2.05, 4.69) is 4.72 Å². The maximum Gasteiger partial charge on any atom is 0.309 e. The summed E-state index contributed by atoms with van der Waals surface area (Å²) >= 11 is 0. The van der Waals surface area contributed by atoms with Crippen LogP contribution in [0.1, 0.15) is 60.3 Å². The van der Waals surface area contributed by atoms with Crippen LogP contribution >= 0.6 is 0 Å². The first kappa shape index (κ1) is 20.5. The van der Waals surface area contributed by atoms with E-state index in [1.165, 1.54) is 0 Å². The fourth-order valence-electron chi connectivity index (χ4n) is 2.70. The molecule has 0 bridgehead atoms. The molecule has 1 saturated carbocycles. The van der Waals surface area contributed by atoms with Gasteiger partial charge in [-0.15, -0.1) is 0 Å². The fourth-order valence-corrected chi connectivity index (χ4v) is 3.59. The number of nitrogens with one attached hydrogen (secondary N) is 1. The summed E-state index contributed by atoms with van der Waals surface area (Å²) in [6, 6.07) is -1.10. The maximum absolute atomic E-state index is 13.4. The second-order valence-electron chi connectivity index (χ2n) is 7.46. The number of halogens is 2. The highest BCUT2D eigenvalue weighted by Gasteiger charge is 2.37. The summed E-state index contributed by atoms with van der Waals surface area (Å²) in [5.41, 5.74) is 0. The Balaban J connectivity index is 2.61. The topological polar surface area (TPSA) is 55.4 Å². The van der Waals surface area contributed by atoms with Gasteiger partial charge in [0.25, 0.3) is 6.43 Å². The van der Waals surface area contributed by atoms with E-state index in [9.17, 15) is 17.8 Å². The molecule has 1 N–H and O–H groups in total. The highest BCUT2D eigenvalue weighted by atomic mass is 32.2. The van der Waals surface area contributed by atoms with Crippen LogP contribution in [-0.2, 0) is 20.5 Å². The molecular formula is C16H29F2NO3S. The summed E-state index contributed by atoms with van der Waals surface area (Å²) in [6.45, 7) is 8.83. The Kier molecular flexibility index (Phi) is 7.58. The van der Waals surface area contributed by atoms with Crippen molar-refractivity contribution in [3.8, 4) is 0 Å². The molecule has 1 aliphatic rings. The number of carbonyl (C=O) groups excluding carboxylic acids is 1. The first-order chi connectivity index (χ1) is 10.5. The lowest BCUT2D eigenvalue weighted by Gasteiger charge is -2.34. The molecule has 0 aliphatic heterocycles. The molecule has 0 spiro atoms. The maximum atomic E-state index is 13.4. The molecule has 0 amide bonds. The second-order valence-corrected chi connectivity index (χ2v) is 9.45. The number of hydrogen-bond acceptors (Lipinski definition) is 3. The Morgan fingerprint density at radius 3 is 2.09 bits per heavy atom. The van der Waals surface area contributed by atoms with E-state index >= 15 is 0 Å². The van der Waals surface area contributed by atoms with E-state index in [4.69, 9.17) is 4.74 Å². The molecule has 0 aromatic carbocycles. The summed E-state index contributed by atoms with van der Waals surface area (Å²) < 4.78 is 46.1. The monoisotopic (exact) mass is 353 g/mol. The van der Waals surface area contributed by atoms with E-state index in [1.807, 2.05) is 0 Å². The summed E-state index contributed by atoms with van der Waals surface area (Å²) in [5.74, 6) is -0.720. The molecule has 1 fully saturated rings. The summed E-state index contributed by atoms with van der Waals surface area (Å²) in [7, 11) is -1.54. The molecule has 0 heterocycles. The second kappa shape index (κ2) is 8.51. The predicted octanol–water partition coefficient (Wildman–Crippen LogP) is 3.43. The van der Waals surface area contributed by atoms with E-state index in [-0.39, 0.29) is 23.9 Å². The third-order valence-corrected chi connectivity index (χ3v) is 5.63. The average Bonchev–Trinajstić information content (AvgIpc) is 2.42. The SMILES string of the molecule is CC(C)OC(=O)C1CCC([C@H](NS(=O)C(C)(C)C)C(F)F)CC1. The van der Waals surface area contributed by atoms with Crippen LogP contribution in [0.3, 0.4) is 0 Å². The molecule has 0 aromatic heterocycles. The molecule has 7 heteroatoms. The summed E-state index contributed by atoms with van der Waals surface area (Å²) in [4.78, 5) is 11.9. The average molecular weight is 353 g/mol. The fraction of sp³-hybridized carbons (Fsp3) is 0.938. The lowest BCUT2D eigenvalue weighted by atomic mass is 9.79. The van der Waals surface area contributed by atoms with Crippen LogP contribution in [-0.4, -0.2) is 33.5 Å². The normalized spacial score (nSPS) is 25.4. The molecular weight excluding hydrogens is 324 g/mol. The Hall–Kier alpha value is -0.560. The van der Waals surface area contributed by atoms with Gasteiger partial charge in [-0.1, -0.05) is 0 Å². The third-order valence-electron chi connectivity index (χ3n) is 4.04. The molecule has 1 aliphatic carbocycles. The van der Waals surface area contributed by atoms with Crippen LogP contribution in [0, 0.1) is 11.8 Å². The van der Waals surface area contributed by atoms with Gasteiger partial charge >= 0.3 is 5.97 Å². The zero-order valence-electron chi connectivity index (χ0n) is 14.6. The summed E-state index contributed by atoms with van der Waals surface area (Å²) in [5, 5.41) is 0. The molecule has 0 radical (unpaired) electrons. The zero-order valence-corrected chi connectivity index (χ0v) is 15.4. The van der Waals surface area contributed by atoms with Crippen molar-refractivity contribution in [1.82, 2.24) is 4.72 Å². The van der Waals surface area contributed by atoms with Crippen molar-refractivity contribution in [2.24, 2.45) is 11.8 Å². The highest BCUT2D eigenvalue weighted by Crippen LogP contribution is 2.34. The number of alkyl halides is 2. The van der Waals surface area contributed by atoms with Crippen LogP contribution in [0.4, 0.5) is 8.78 Å². The highest BCUT2D eigenvalue weighted by molar-refractivity contribution is 7.84. The van der Waals surface area contributed by atoms with Crippen LogP contribution in [0.15, 0.2) is 0 Å². The Bertz CT molecular complexity index is 416. The third kappa shape index (κ3) is 6.45. The standard InChI is InChI=1S/C16H29F2NO3S/c1-10(2)22-15(20)12-8-6-11(7-9-12)13(14(17)18)19-23(21)16(3,4)5/h10-14,19H,6-9H2,1-5H3/t11?,12?,13-,23?/m0/s1.